The van der Waals surface area contributed by atoms with Crippen LogP contribution in [0.15, 0.2) is 22.7 Å². The van der Waals surface area contributed by atoms with E-state index in [1.807, 2.05) is 0 Å². The maximum atomic E-state index is 12.7. The predicted octanol–water partition coefficient (Wildman–Crippen LogP) is 2.08. The molecule has 1 aliphatic rings. The summed E-state index contributed by atoms with van der Waals surface area (Å²) >= 11 is 9.30. The average Bonchev–Trinajstić information content (AvgIpc) is 2.49. The van der Waals surface area contributed by atoms with Crippen molar-refractivity contribution >= 4 is 39.4 Å². The lowest BCUT2D eigenvalue weighted by Gasteiger charge is -2.34. The zero-order valence-corrected chi connectivity index (χ0v) is 13.9. The summed E-state index contributed by atoms with van der Waals surface area (Å²) in [6.45, 7) is 3.51. The van der Waals surface area contributed by atoms with Crippen molar-refractivity contribution in [3.05, 3.63) is 33.3 Å². The topological polar surface area (TPSA) is 58.6 Å². The molecule has 1 atom stereocenters. The predicted molar refractivity (Wildman–Crippen MR) is 83.5 cm³/mol. The highest BCUT2D eigenvalue weighted by molar-refractivity contribution is 9.10. The van der Waals surface area contributed by atoms with Crippen LogP contribution in [-0.2, 0) is 9.53 Å². The molecule has 0 radical (unpaired) electrons. The van der Waals surface area contributed by atoms with Gasteiger partial charge in [-0.2, -0.15) is 0 Å². The molecule has 0 spiro atoms. The van der Waals surface area contributed by atoms with Gasteiger partial charge in [-0.25, -0.2) is 4.79 Å². The first-order chi connectivity index (χ1) is 10.0. The lowest BCUT2D eigenvalue weighted by atomic mass is 10.1. The van der Waals surface area contributed by atoms with Crippen LogP contribution < -0.4 is 5.32 Å². The first kappa shape index (κ1) is 16.3. The molecular formula is C14H16BrClN2O3. The van der Waals surface area contributed by atoms with E-state index in [9.17, 15) is 9.59 Å². The van der Waals surface area contributed by atoms with E-state index in [-0.39, 0.29) is 12.5 Å². The molecule has 1 unspecified atom stereocenters. The van der Waals surface area contributed by atoms with Gasteiger partial charge in [-0.15, -0.1) is 0 Å². The molecule has 0 saturated carbocycles. The van der Waals surface area contributed by atoms with Gasteiger partial charge in [0.1, 0.15) is 6.04 Å². The fraction of sp³-hybridized carbons (Fsp3) is 0.429. The van der Waals surface area contributed by atoms with E-state index in [2.05, 4.69) is 21.2 Å². The zero-order chi connectivity index (χ0) is 15.4. The molecule has 1 amide bonds. The number of ether oxygens (including phenoxy) is 1. The second-order valence-corrected chi connectivity index (χ2v) is 5.89. The largest absolute Gasteiger partial charge is 0.464 e. The van der Waals surface area contributed by atoms with E-state index in [0.717, 1.165) is 0 Å². The molecule has 1 fully saturated rings. The Morgan fingerprint density at radius 3 is 3.00 bits per heavy atom. The molecule has 0 bridgehead atoms. The fourth-order valence-corrected chi connectivity index (χ4v) is 2.80. The first-order valence-corrected chi connectivity index (χ1v) is 7.85. The van der Waals surface area contributed by atoms with Crippen LogP contribution in [0.2, 0.25) is 5.02 Å². The quantitative estimate of drug-likeness (QED) is 0.822. The minimum atomic E-state index is -0.614. The molecule has 1 aromatic rings. The molecule has 1 aliphatic heterocycles. The summed E-state index contributed by atoms with van der Waals surface area (Å²) in [5, 5.41) is 3.58. The zero-order valence-electron chi connectivity index (χ0n) is 11.6. The molecule has 21 heavy (non-hydrogen) atoms. The molecule has 1 heterocycles. The highest BCUT2D eigenvalue weighted by Crippen LogP contribution is 2.24. The summed E-state index contributed by atoms with van der Waals surface area (Å²) in [7, 11) is 0. The molecule has 7 heteroatoms. The highest BCUT2D eigenvalue weighted by Gasteiger charge is 2.34. The Kier molecular flexibility index (Phi) is 5.61. The number of carbonyl (C=O) groups is 2. The van der Waals surface area contributed by atoms with Crippen molar-refractivity contribution in [1.82, 2.24) is 10.2 Å². The maximum absolute atomic E-state index is 12.7. The van der Waals surface area contributed by atoms with E-state index in [0.29, 0.717) is 34.7 Å². The third-order valence-corrected chi connectivity index (χ3v) is 4.15. The van der Waals surface area contributed by atoms with Gasteiger partial charge in [-0.3, -0.25) is 4.79 Å². The summed E-state index contributed by atoms with van der Waals surface area (Å²) in [5.74, 6) is -0.625. The number of esters is 1. The van der Waals surface area contributed by atoms with Crippen LogP contribution in [0.5, 0.6) is 0 Å². The van der Waals surface area contributed by atoms with Crippen LogP contribution in [0, 0.1) is 0 Å². The van der Waals surface area contributed by atoms with E-state index in [1.165, 1.54) is 4.90 Å². The Balaban J connectivity index is 2.26. The van der Waals surface area contributed by atoms with Crippen molar-refractivity contribution in [2.75, 3.05) is 26.2 Å². The second kappa shape index (κ2) is 7.24. The number of hydrogen-bond donors (Lipinski definition) is 1. The van der Waals surface area contributed by atoms with Gasteiger partial charge < -0.3 is 15.0 Å². The number of halogens is 2. The minimum absolute atomic E-state index is 0.232. The van der Waals surface area contributed by atoms with Crippen LogP contribution in [-0.4, -0.2) is 49.1 Å². The smallest absolute Gasteiger partial charge is 0.330 e. The normalized spacial score (nSPS) is 18.4. The van der Waals surface area contributed by atoms with Crippen molar-refractivity contribution in [2.45, 2.75) is 13.0 Å². The SMILES string of the molecule is CCOC(=O)C1CNCCN1C(=O)c1cc(Cl)ccc1Br. The van der Waals surface area contributed by atoms with E-state index in [4.69, 9.17) is 16.3 Å². The maximum Gasteiger partial charge on any atom is 0.330 e. The van der Waals surface area contributed by atoms with Crippen molar-refractivity contribution in [3.63, 3.8) is 0 Å². The van der Waals surface area contributed by atoms with Gasteiger partial charge in [0.15, 0.2) is 0 Å². The van der Waals surface area contributed by atoms with Crippen molar-refractivity contribution in [1.29, 1.82) is 0 Å². The Hall–Kier alpha value is -1.11. The summed E-state index contributed by atoms with van der Waals surface area (Å²) in [6, 6.07) is 4.40. The number of nitrogens with one attached hydrogen (secondary N) is 1. The lowest BCUT2D eigenvalue weighted by molar-refractivity contribution is -0.149. The lowest BCUT2D eigenvalue weighted by Crippen LogP contribution is -2.57. The summed E-state index contributed by atoms with van der Waals surface area (Å²) < 4.78 is 5.69. The summed E-state index contributed by atoms with van der Waals surface area (Å²) in [6.07, 6.45) is 0. The number of piperazine rings is 1. The van der Waals surface area contributed by atoms with Gasteiger partial charge in [-0.05, 0) is 41.1 Å². The molecule has 1 aromatic carbocycles. The summed E-state index contributed by atoms with van der Waals surface area (Å²) in [4.78, 5) is 26.2. The molecule has 2 rings (SSSR count). The van der Waals surface area contributed by atoms with Crippen molar-refractivity contribution in [3.8, 4) is 0 Å². The molecule has 1 N–H and O–H groups in total. The monoisotopic (exact) mass is 374 g/mol. The number of benzene rings is 1. The third kappa shape index (κ3) is 3.75. The Morgan fingerprint density at radius 2 is 2.29 bits per heavy atom. The molecular weight excluding hydrogens is 360 g/mol. The highest BCUT2D eigenvalue weighted by atomic mass is 79.9. The van der Waals surface area contributed by atoms with E-state index < -0.39 is 12.0 Å². The number of amides is 1. The van der Waals surface area contributed by atoms with Crippen LogP contribution >= 0.6 is 27.5 Å². The standard InChI is InChI=1S/C14H16BrClN2O3/c1-2-21-14(20)12-8-17-5-6-18(12)13(19)10-7-9(16)3-4-11(10)15/h3-4,7,12,17H,2,5-6,8H2,1H3. The van der Waals surface area contributed by atoms with Gasteiger partial charge in [-0.1, -0.05) is 11.6 Å². The Labute approximate surface area is 136 Å². The minimum Gasteiger partial charge on any atom is -0.464 e. The van der Waals surface area contributed by atoms with Gasteiger partial charge in [0.2, 0.25) is 0 Å². The molecule has 114 valence electrons. The summed E-state index contributed by atoms with van der Waals surface area (Å²) in [5.41, 5.74) is 0.443. The van der Waals surface area contributed by atoms with Crippen LogP contribution in [0.4, 0.5) is 0 Å². The Morgan fingerprint density at radius 1 is 1.52 bits per heavy atom. The number of carbonyl (C=O) groups excluding carboxylic acids is 2. The van der Waals surface area contributed by atoms with Gasteiger partial charge in [0.25, 0.3) is 5.91 Å². The number of nitrogens with zero attached hydrogens (tertiary/aromatic N) is 1. The first-order valence-electron chi connectivity index (χ1n) is 6.68. The van der Waals surface area contributed by atoms with Crippen LogP contribution in [0.3, 0.4) is 0 Å². The second-order valence-electron chi connectivity index (χ2n) is 4.59. The van der Waals surface area contributed by atoms with Crippen molar-refractivity contribution < 1.29 is 14.3 Å². The van der Waals surface area contributed by atoms with E-state index in [1.54, 1.807) is 25.1 Å². The van der Waals surface area contributed by atoms with Crippen LogP contribution in [0.1, 0.15) is 17.3 Å². The Bertz CT molecular complexity index is 553. The number of hydrogen-bond acceptors (Lipinski definition) is 4. The molecule has 0 aliphatic carbocycles. The van der Waals surface area contributed by atoms with Gasteiger partial charge in [0.05, 0.1) is 12.2 Å². The van der Waals surface area contributed by atoms with Gasteiger partial charge >= 0.3 is 5.97 Å². The fourth-order valence-electron chi connectivity index (χ4n) is 2.21. The third-order valence-electron chi connectivity index (χ3n) is 3.22. The number of rotatable bonds is 3. The van der Waals surface area contributed by atoms with Crippen molar-refractivity contribution in [2.24, 2.45) is 0 Å². The van der Waals surface area contributed by atoms with Gasteiger partial charge in [0, 0.05) is 29.1 Å². The molecule has 5 nitrogen and oxygen atoms in total. The molecule has 0 aromatic heterocycles. The van der Waals surface area contributed by atoms with E-state index >= 15 is 0 Å². The molecule has 1 saturated heterocycles. The van der Waals surface area contributed by atoms with Crippen LogP contribution in [0.25, 0.3) is 0 Å². The average molecular weight is 376 g/mol.